The highest BCUT2D eigenvalue weighted by atomic mass is 28.4. The zero-order valence-electron chi connectivity index (χ0n) is 10.8. The Morgan fingerprint density at radius 3 is 2.20 bits per heavy atom. The summed E-state index contributed by atoms with van der Waals surface area (Å²) in [5.41, 5.74) is 3.23. The van der Waals surface area contributed by atoms with Crippen molar-refractivity contribution in [1.29, 1.82) is 0 Å². The van der Waals surface area contributed by atoms with E-state index in [1.165, 1.54) is 18.6 Å². The number of hydrogen-bond acceptors (Lipinski definition) is 1. The maximum absolute atomic E-state index is 6.07. The predicted octanol–water partition coefficient (Wildman–Crippen LogP) is 4.63. The van der Waals surface area contributed by atoms with Gasteiger partial charge in [0.1, 0.15) is 0 Å². The first-order chi connectivity index (χ1) is 6.96. The number of allylic oxidation sites excluding steroid dienone is 3. The third kappa shape index (κ3) is 3.86. The van der Waals surface area contributed by atoms with Crippen molar-refractivity contribution in [1.82, 2.24) is 0 Å². The topological polar surface area (TPSA) is 9.23 Å². The zero-order chi connectivity index (χ0) is 11.5. The summed E-state index contributed by atoms with van der Waals surface area (Å²) in [6, 6.07) is 0. The standard InChI is InChI=1S/C13H24OSi/c1-6-11-8-9-13(10-12(11)7-2)14-15(3,4)5/h9H,6-8,10H2,1-5H3. The van der Waals surface area contributed by atoms with Crippen molar-refractivity contribution in [2.75, 3.05) is 0 Å². The lowest BCUT2D eigenvalue weighted by Gasteiger charge is -2.26. The van der Waals surface area contributed by atoms with Crippen LogP contribution in [0.25, 0.3) is 0 Å². The molecule has 0 N–H and O–H groups in total. The molecule has 0 atom stereocenters. The monoisotopic (exact) mass is 224 g/mol. The van der Waals surface area contributed by atoms with Gasteiger partial charge in [0, 0.05) is 6.42 Å². The molecular formula is C13H24OSi. The maximum atomic E-state index is 6.07. The third-order valence-corrected chi connectivity index (χ3v) is 3.63. The summed E-state index contributed by atoms with van der Waals surface area (Å²) >= 11 is 0. The number of rotatable bonds is 4. The van der Waals surface area contributed by atoms with Gasteiger partial charge in [-0.15, -0.1) is 0 Å². The van der Waals surface area contributed by atoms with Crippen LogP contribution in [0.1, 0.15) is 39.5 Å². The molecule has 0 aromatic rings. The largest absolute Gasteiger partial charge is 0.547 e. The van der Waals surface area contributed by atoms with Crippen LogP contribution in [0.4, 0.5) is 0 Å². The van der Waals surface area contributed by atoms with Crippen molar-refractivity contribution in [3.05, 3.63) is 23.0 Å². The van der Waals surface area contributed by atoms with Crippen LogP contribution >= 0.6 is 0 Å². The Bertz CT molecular complexity index is 281. The van der Waals surface area contributed by atoms with Crippen LogP contribution < -0.4 is 0 Å². The summed E-state index contributed by atoms with van der Waals surface area (Å²) in [5, 5.41) is 0. The van der Waals surface area contributed by atoms with Crippen LogP contribution in [0.2, 0.25) is 19.6 Å². The second-order valence-electron chi connectivity index (χ2n) is 5.18. The molecule has 0 aliphatic heterocycles. The van der Waals surface area contributed by atoms with Crippen molar-refractivity contribution < 1.29 is 4.43 Å². The SMILES string of the molecule is CCC1=C(CC)CC(O[Si](C)(C)C)=CC1. The minimum absolute atomic E-state index is 1.06. The Morgan fingerprint density at radius 1 is 1.13 bits per heavy atom. The smallest absolute Gasteiger partial charge is 0.241 e. The normalized spacial score (nSPS) is 17.8. The highest BCUT2D eigenvalue weighted by molar-refractivity contribution is 6.70. The van der Waals surface area contributed by atoms with E-state index in [0.29, 0.717) is 0 Å². The minimum Gasteiger partial charge on any atom is -0.547 e. The van der Waals surface area contributed by atoms with E-state index in [0.717, 1.165) is 12.8 Å². The van der Waals surface area contributed by atoms with Crippen LogP contribution in [0.3, 0.4) is 0 Å². The molecule has 0 aromatic carbocycles. The van der Waals surface area contributed by atoms with Crippen LogP contribution in [-0.2, 0) is 4.43 Å². The van der Waals surface area contributed by atoms with Crippen LogP contribution in [-0.4, -0.2) is 8.32 Å². The highest BCUT2D eigenvalue weighted by Crippen LogP contribution is 2.30. The molecule has 2 heteroatoms. The summed E-state index contributed by atoms with van der Waals surface area (Å²) in [6.45, 7) is 11.3. The number of hydrogen-bond donors (Lipinski definition) is 0. The molecule has 86 valence electrons. The summed E-state index contributed by atoms with van der Waals surface area (Å²) in [6.07, 6.45) is 6.83. The van der Waals surface area contributed by atoms with Gasteiger partial charge in [-0.05, 0) is 45.0 Å². The molecule has 0 unspecified atom stereocenters. The Balaban J connectivity index is 2.66. The predicted molar refractivity (Wildman–Crippen MR) is 69.4 cm³/mol. The average molecular weight is 224 g/mol. The molecular weight excluding hydrogens is 200 g/mol. The van der Waals surface area contributed by atoms with Gasteiger partial charge in [0.05, 0.1) is 5.76 Å². The van der Waals surface area contributed by atoms with E-state index in [1.54, 1.807) is 11.1 Å². The van der Waals surface area contributed by atoms with Crippen LogP contribution in [0.5, 0.6) is 0 Å². The van der Waals surface area contributed by atoms with Gasteiger partial charge in [-0.25, -0.2) is 0 Å². The van der Waals surface area contributed by atoms with Crippen molar-refractivity contribution in [3.8, 4) is 0 Å². The average Bonchev–Trinajstić information content (AvgIpc) is 2.15. The second kappa shape index (κ2) is 5.02. The first-order valence-corrected chi connectivity index (χ1v) is 9.45. The molecule has 0 spiro atoms. The molecule has 1 aliphatic carbocycles. The fourth-order valence-electron chi connectivity index (χ4n) is 2.03. The molecule has 1 nitrogen and oxygen atoms in total. The van der Waals surface area contributed by atoms with Crippen LogP contribution in [0.15, 0.2) is 23.0 Å². The van der Waals surface area contributed by atoms with Gasteiger partial charge in [-0.2, -0.15) is 0 Å². The molecule has 15 heavy (non-hydrogen) atoms. The summed E-state index contributed by atoms with van der Waals surface area (Å²) in [5.74, 6) is 1.23. The van der Waals surface area contributed by atoms with Crippen LogP contribution in [0, 0.1) is 0 Å². The Labute approximate surface area is 95.4 Å². The molecule has 0 fully saturated rings. The Morgan fingerprint density at radius 2 is 1.73 bits per heavy atom. The molecule has 0 amide bonds. The van der Waals surface area contributed by atoms with E-state index in [2.05, 4.69) is 39.6 Å². The molecule has 0 radical (unpaired) electrons. The summed E-state index contributed by atoms with van der Waals surface area (Å²) < 4.78 is 6.07. The molecule has 0 aromatic heterocycles. The lowest BCUT2D eigenvalue weighted by Crippen LogP contribution is -2.25. The van der Waals surface area contributed by atoms with E-state index >= 15 is 0 Å². The maximum Gasteiger partial charge on any atom is 0.241 e. The molecule has 0 bridgehead atoms. The van der Waals surface area contributed by atoms with Gasteiger partial charge in [0.15, 0.2) is 0 Å². The molecule has 0 saturated carbocycles. The molecule has 1 aliphatic rings. The minimum atomic E-state index is -1.41. The van der Waals surface area contributed by atoms with Crippen molar-refractivity contribution in [2.24, 2.45) is 0 Å². The lowest BCUT2D eigenvalue weighted by atomic mass is 9.92. The summed E-state index contributed by atoms with van der Waals surface area (Å²) in [7, 11) is -1.41. The van der Waals surface area contributed by atoms with E-state index in [4.69, 9.17) is 4.43 Å². The Hall–Kier alpha value is -0.503. The van der Waals surface area contributed by atoms with E-state index in [-0.39, 0.29) is 0 Å². The van der Waals surface area contributed by atoms with Gasteiger partial charge in [-0.1, -0.05) is 25.0 Å². The van der Waals surface area contributed by atoms with Gasteiger partial charge in [0.25, 0.3) is 0 Å². The molecule has 1 rings (SSSR count). The Kier molecular flexibility index (Phi) is 4.20. The highest BCUT2D eigenvalue weighted by Gasteiger charge is 2.20. The third-order valence-electron chi connectivity index (χ3n) is 2.75. The first kappa shape index (κ1) is 12.6. The van der Waals surface area contributed by atoms with Gasteiger partial charge in [-0.3, -0.25) is 0 Å². The fourth-order valence-corrected chi connectivity index (χ4v) is 2.97. The fraction of sp³-hybridized carbons (Fsp3) is 0.692. The second-order valence-corrected chi connectivity index (χ2v) is 9.61. The van der Waals surface area contributed by atoms with E-state index in [1.807, 2.05) is 0 Å². The lowest BCUT2D eigenvalue weighted by molar-refractivity contribution is 0.401. The molecule has 0 heterocycles. The van der Waals surface area contributed by atoms with E-state index in [9.17, 15) is 0 Å². The van der Waals surface area contributed by atoms with Gasteiger partial charge in [0.2, 0.25) is 8.32 Å². The van der Waals surface area contributed by atoms with Crippen molar-refractivity contribution in [3.63, 3.8) is 0 Å². The first-order valence-electron chi connectivity index (χ1n) is 6.04. The van der Waals surface area contributed by atoms with Gasteiger partial charge < -0.3 is 4.43 Å². The van der Waals surface area contributed by atoms with Gasteiger partial charge >= 0.3 is 0 Å². The van der Waals surface area contributed by atoms with Crippen molar-refractivity contribution in [2.45, 2.75) is 59.2 Å². The molecule has 0 saturated heterocycles. The van der Waals surface area contributed by atoms with Crippen molar-refractivity contribution >= 4 is 8.32 Å². The zero-order valence-corrected chi connectivity index (χ0v) is 11.8. The van der Waals surface area contributed by atoms with E-state index < -0.39 is 8.32 Å². The summed E-state index contributed by atoms with van der Waals surface area (Å²) in [4.78, 5) is 0. The quantitative estimate of drug-likeness (QED) is 0.499.